The summed E-state index contributed by atoms with van der Waals surface area (Å²) >= 11 is 5.33. The summed E-state index contributed by atoms with van der Waals surface area (Å²) in [5, 5.41) is 10.5. The van der Waals surface area contributed by atoms with Crippen molar-refractivity contribution < 1.29 is 19.2 Å². The van der Waals surface area contributed by atoms with Crippen LogP contribution in [0.1, 0.15) is 101 Å². The number of ether oxygens (including phenoxy) is 1. The highest BCUT2D eigenvalue weighted by Gasteiger charge is 2.16. The van der Waals surface area contributed by atoms with Gasteiger partial charge in [0.25, 0.3) is 5.69 Å². The Bertz CT molecular complexity index is 718. The van der Waals surface area contributed by atoms with E-state index in [2.05, 4.69) is 19.1 Å². The first-order chi connectivity index (χ1) is 15.4. The van der Waals surface area contributed by atoms with Crippen molar-refractivity contribution in [1.29, 1.82) is 0 Å². The molecular formula is C25H36ClNO5. The maximum Gasteiger partial charge on any atom is 0.338 e. The van der Waals surface area contributed by atoms with Crippen molar-refractivity contribution in [2.75, 3.05) is 0 Å². The fourth-order valence-electron chi connectivity index (χ4n) is 3.38. The van der Waals surface area contributed by atoms with Gasteiger partial charge in [-0.25, -0.2) is 4.79 Å². The maximum atomic E-state index is 12.5. The van der Waals surface area contributed by atoms with Gasteiger partial charge in [-0.05, 0) is 55.8 Å². The van der Waals surface area contributed by atoms with Crippen LogP contribution < -0.4 is 0 Å². The van der Waals surface area contributed by atoms with E-state index in [0.29, 0.717) is 18.4 Å². The summed E-state index contributed by atoms with van der Waals surface area (Å²) in [5.74, 6) is -0.441. The Morgan fingerprint density at radius 3 is 2.31 bits per heavy atom. The number of esters is 1. The van der Waals surface area contributed by atoms with Gasteiger partial charge in [0.05, 0.1) is 10.5 Å². The first-order valence-corrected chi connectivity index (χ1v) is 12.1. The minimum Gasteiger partial charge on any atom is -0.458 e. The first kappa shape index (κ1) is 27.8. The molecule has 0 fully saturated rings. The van der Waals surface area contributed by atoms with Gasteiger partial charge in [-0.15, -0.1) is 0 Å². The predicted octanol–water partition coefficient (Wildman–Crippen LogP) is 7.53. The molecule has 1 aromatic rings. The second kappa shape index (κ2) is 17.4. The van der Waals surface area contributed by atoms with Crippen LogP contribution in [-0.4, -0.2) is 22.2 Å². The molecule has 0 bridgehead atoms. The van der Waals surface area contributed by atoms with E-state index in [1.54, 1.807) is 0 Å². The number of nitro benzene ring substituents is 1. The zero-order valence-corrected chi connectivity index (χ0v) is 19.9. The number of non-ortho nitro benzene ring substituents is 1. The molecule has 1 aromatic carbocycles. The van der Waals surface area contributed by atoms with Crippen LogP contribution in [0, 0.1) is 10.1 Å². The summed E-state index contributed by atoms with van der Waals surface area (Å²) in [4.78, 5) is 33.5. The number of hydrogen-bond acceptors (Lipinski definition) is 5. The molecule has 0 amide bonds. The average Bonchev–Trinajstić information content (AvgIpc) is 2.77. The summed E-state index contributed by atoms with van der Waals surface area (Å²) in [5.41, 5.74) is 0.280. The van der Waals surface area contributed by atoms with E-state index in [-0.39, 0.29) is 17.0 Å². The summed E-state index contributed by atoms with van der Waals surface area (Å²) in [7, 11) is 0. The van der Waals surface area contributed by atoms with E-state index < -0.39 is 10.9 Å². The molecule has 0 aliphatic rings. The van der Waals surface area contributed by atoms with Crippen LogP contribution in [0.15, 0.2) is 36.4 Å². The fraction of sp³-hybridized carbons (Fsp3) is 0.600. The molecule has 0 radical (unpaired) electrons. The second-order valence-corrected chi connectivity index (χ2v) is 8.47. The molecule has 0 aliphatic heterocycles. The molecule has 178 valence electrons. The van der Waals surface area contributed by atoms with Crippen LogP contribution in [-0.2, 0) is 9.53 Å². The number of nitro groups is 1. The van der Waals surface area contributed by atoms with Gasteiger partial charge in [0.1, 0.15) is 6.10 Å². The quantitative estimate of drug-likeness (QED) is 0.0558. The molecule has 0 spiro atoms. The molecule has 32 heavy (non-hydrogen) atoms. The van der Waals surface area contributed by atoms with E-state index >= 15 is 0 Å². The Kier molecular flexibility index (Phi) is 15.1. The van der Waals surface area contributed by atoms with Gasteiger partial charge in [0, 0.05) is 25.0 Å². The molecule has 0 unspecified atom stereocenters. The number of halogens is 1. The van der Waals surface area contributed by atoms with Crippen LogP contribution in [0.25, 0.3) is 0 Å². The van der Waals surface area contributed by atoms with Crippen LogP contribution in [0.4, 0.5) is 5.69 Å². The normalized spacial score (nSPS) is 12.1. The number of unbranched alkanes of at least 4 members (excludes halogenated alkanes) is 8. The molecule has 0 saturated heterocycles. The van der Waals surface area contributed by atoms with E-state index in [4.69, 9.17) is 16.3 Å². The standard InChI is InChI=1S/C25H36ClNO5/c1-2-3-4-11-14-23(15-12-9-7-5-6-8-10-13-16-24(26)28)32-25(29)21-17-19-22(20-18-21)27(30)31/h9,12,17-20,23H,2-8,10-11,13-16H2,1H3/t23-/m1/s1. The number of carbonyl (C=O) groups is 2. The van der Waals surface area contributed by atoms with Crippen molar-refractivity contribution in [3.8, 4) is 0 Å². The third-order valence-corrected chi connectivity index (χ3v) is 5.47. The Hall–Kier alpha value is -2.21. The van der Waals surface area contributed by atoms with Crippen LogP contribution in [0.2, 0.25) is 0 Å². The molecule has 0 heterocycles. The van der Waals surface area contributed by atoms with Crippen LogP contribution in [0.3, 0.4) is 0 Å². The highest BCUT2D eigenvalue weighted by molar-refractivity contribution is 6.63. The number of carbonyl (C=O) groups excluding carboxylic acids is 2. The van der Waals surface area contributed by atoms with Gasteiger partial charge in [-0.1, -0.05) is 57.6 Å². The summed E-state index contributed by atoms with van der Waals surface area (Å²) < 4.78 is 5.71. The van der Waals surface area contributed by atoms with Gasteiger partial charge in [0.15, 0.2) is 0 Å². The molecule has 1 rings (SSSR count). The lowest BCUT2D eigenvalue weighted by atomic mass is 10.1. The van der Waals surface area contributed by atoms with Gasteiger partial charge < -0.3 is 4.74 Å². The third kappa shape index (κ3) is 13.3. The minimum absolute atomic E-state index is 0.0480. The lowest BCUT2D eigenvalue weighted by Crippen LogP contribution is -2.18. The molecular weight excluding hydrogens is 430 g/mol. The largest absolute Gasteiger partial charge is 0.458 e. The van der Waals surface area contributed by atoms with Crippen molar-refractivity contribution >= 4 is 28.5 Å². The Morgan fingerprint density at radius 1 is 1.00 bits per heavy atom. The molecule has 1 atom stereocenters. The molecule has 6 nitrogen and oxygen atoms in total. The lowest BCUT2D eigenvalue weighted by molar-refractivity contribution is -0.384. The third-order valence-electron chi connectivity index (χ3n) is 5.28. The number of rotatable bonds is 18. The van der Waals surface area contributed by atoms with Crippen LogP contribution in [0.5, 0.6) is 0 Å². The first-order valence-electron chi connectivity index (χ1n) is 11.7. The average molecular weight is 466 g/mol. The van der Waals surface area contributed by atoms with Crippen molar-refractivity contribution in [1.82, 2.24) is 0 Å². The smallest absolute Gasteiger partial charge is 0.338 e. The summed E-state index contributed by atoms with van der Waals surface area (Å²) in [6.07, 6.45) is 16.6. The van der Waals surface area contributed by atoms with Crippen molar-refractivity contribution in [2.45, 2.75) is 96.5 Å². The predicted molar refractivity (Wildman–Crippen MR) is 128 cm³/mol. The van der Waals surface area contributed by atoms with Crippen molar-refractivity contribution in [3.63, 3.8) is 0 Å². The molecule has 0 N–H and O–H groups in total. The summed E-state index contributed by atoms with van der Waals surface area (Å²) in [6, 6.07) is 5.52. The molecule has 7 heteroatoms. The number of nitrogens with zero attached hydrogens (tertiary/aromatic N) is 1. The second-order valence-electron chi connectivity index (χ2n) is 8.05. The highest BCUT2D eigenvalue weighted by Crippen LogP contribution is 2.17. The SMILES string of the molecule is CCCCCC[C@H](CC=CCCCCCCCC(=O)Cl)OC(=O)c1ccc([N+](=O)[O-])cc1. The van der Waals surface area contributed by atoms with Gasteiger partial charge in [-0.3, -0.25) is 14.9 Å². The van der Waals surface area contributed by atoms with E-state index in [0.717, 1.165) is 70.6 Å². The Balaban J connectivity index is 2.42. The number of allylic oxidation sites excluding steroid dienone is 1. The van der Waals surface area contributed by atoms with Crippen molar-refractivity contribution in [3.05, 3.63) is 52.1 Å². The lowest BCUT2D eigenvalue weighted by Gasteiger charge is -2.16. The molecule has 0 aliphatic carbocycles. The van der Waals surface area contributed by atoms with Gasteiger partial charge >= 0.3 is 5.97 Å². The minimum atomic E-state index is -0.489. The zero-order chi connectivity index (χ0) is 23.6. The highest BCUT2D eigenvalue weighted by atomic mass is 35.5. The van der Waals surface area contributed by atoms with Crippen molar-refractivity contribution in [2.24, 2.45) is 0 Å². The maximum absolute atomic E-state index is 12.5. The summed E-state index contributed by atoms with van der Waals surface area (Å²) in [6.45, 7) is 2.16. The monoisotopic (exact) mass is 465 g/mol. The Morgan fingerprint density at radius 2 is 1.66 bits per heavy atom. The van der Waals surface area contributed by atoms with E-state index in [1.165, 1.54) is 24.3 Å². The number of benzene rings is 1. The van der Waals surface area contributed by atoms with Gasteiger partial charge in [0.2, 0.25) is 5.24 Å². The topological polar surface area (TPSA) is 86.5 Å². The van der Waals surface area contributed by atoms with Crippen LogP contribution >= 0.6 is 11.6 Å². The van der Waals surface area contributed by atoms with E-state index in [1.807, 2.05) is 0 Å². The van der Waals surface area contributed by atoms with Gasteiger partial charge in [-0.2, -0.15) is 0 Å². The number of hydrogen-bond donors (Lipinski definition) is 0. The Labute approximate surface area is 196 Å². The van der Waals surface area contributed by atoms with E-state index in [9.17, 15) is 19.7 Å². The molecule has 0 aromatic heterocycles. The fourth-order valence-corrected chi connectivity index (χ4v) is 3.52. The molecule has 0 saturated carbocycles. The zero-order valence-electron chi connectivity index (χ0n) is 19.1.